The molecule has 1 unspecified atom stereocenters. The molecule has 1 aromatic heterocycles. The van der Waals surface area contributed by atoms with Crippen molar-refractivity contribution in [2.75, 3.05) is 13.7 Å². The summed E-state index contributed by atoms with van der Waals surface area (Å²) in [7, 11) is 1.66. The highest BCUT2D eigenvalue weighted by Gasteiger charge is 2.09. The van der Waals surface area contributed by atoms with E-state index in [1.54, 1.807) is 13.4 Å². The summed E-state index contributed by atoms with van der Waals surface area (Å²) in [6.07, 6.45) is 3.33. The molecule has 0 fully saturated rings. The first-order chi connectivity index (χ1) is 7.63. The normalized spacial score (nSPS) is 13.3. The number of alkyl halides is 1. The van der Waals surface area contributed by atoms with E-state index >= 15 is 0 Å². The van der Waals surface area contributed by atoms with Gasteiger partial charge in [-0.1, -0.05) is 13.8 Å². The Morgan fingerprint density at radius 2 is 2.25 bits per heavy atom. The zero-order chi connectivity index (χ0) is 12.0. The maximum atomic E-state index is 6.07. The number of ether oxygens (including phenoxy) is 1. The molecule has 0 amide bonds. The minimum atomic E-state index is 0.0502. The van der Waals surface area contributed by atoms with Gasteiger partial charge in [-0.2, -0.15) is 5.10 Å². The van der Waals surface area contributed by atoms with Crippen LogP contribution >= 0.6 is 11.6 Å². The molecule has 0 aliphatic heterocycles. The van der Waals surface area contributed by atoms with E-state index in [4.69, 9.17) is 16.3 Å². The van der Waals surface area contributed by atoms with Crippen LogP contribution in [0.4, 0.5) is 0 Å². The van der Waals surface area contributed by atoms with Crippen molar-refractivity contribution in [3.63, 3.8) is 0 Å². The molecule has 1 aromatic rings. The lowest BCUT2D eigenvalue weighted by atomic mass is 10.2. The van der Waals surface area contributed by atoms with E-state index in [0.717, 1.165) is 25.2 Å². The van der Waals surface area contributed by atoms with E-state index in [1.807, 2.05) is 4.68 Å². The summed E-state index contributed by atoms with van der Waals surface area (Å²) in [5.74, 6) is 1.58. The van der Waals surface area contributed by atoms with Crippen molar-refractivity contribution in [1.82, 2.24) is 14.8 Å². The smallest absolute Gasteiger partial charge is 0.138 e. The Hall–Kier alpha value is -0.610. The lowest BCUT2D eigenvalue weighted by Crippen LogP contribution is -2.13. The van der Waals surface area contributed by atoms with Crippen molar-refractivity contribution < 1.29 is 4.74 Å². The summed E-state index contributed by atoms with van der Waals surface area (Å²) >= 11 is 6.07. The molecule has 0 saturated heterocycles. The molecule has 1 rings (SSSR count). The Bertz CT molecular complexity index is 301. The Kier molecular flexibility index (Phi) is 5.77. The third-order valence-corrected chi connectivity index (χ3v) is 2.61. The van der Waals surface area contributed by atoms with Gasteiger partial charge in [-0.25, -0.2) is 9.67 Å². The predicted octanol–water partition coefficient (Wildman–Crippen LogP) is 2.12. The lowest BCUT2D eigenvalue weighted by Gasteiger charge is -2.10. The van der Waals surface area contributed by atoms with Gasteiger partial charge in [-0.05, 0) is 12.3 Å². The van der Waals surface area contributed by atoms with Crippen LogP contribution in [0.5, 0.6) is 0 Å². The van der Waals surface area contributed by atoms with E-state index in [0.29, 0.717) is 12.5 Å². The Balaban J connectivity index is 2.44. The lowest BCUT2D eigenvalue weighted by molar-refractivity contribution is 0.195. The first-order valence-corrected chi connectivity index (χ1v) is 6.06. The van der Waals surface area contributed by atoms with Gasteiger partial charge >= 0.3 is 0 Å². The predicted molar refractivity (Wildman–Crippen MR) is 64.7 cm³/mol. The van der Waals surface area contributed by atoms with Crippen molar-refractivity contribution in [3.8, 4) is 0 Å². The van der Waals surface area contributed by atoms with E-state index in [1.165, 1.54) is 0 Å². The number of nitrogens with zero attached hydrogens (tertiary/aromatic N) is 3. The molecule has 0 bridgehead atoms. The summed E-state index contributed by atoms with van der Waals surface area (Å²) in [6, 6.07) is 0. The van der Waals surface area contributed by atoms with Crippen LogP contribution in [0.25, 0.3) is 0 Å². The Morgan fingerprint density at radius 3 is 2.88 bits per heavy atom. The molecule has 0 aliphatic carbocycles. The van der Waals surface area contributed by atoms with Crippen molar-refractivity contribution in [2.24, 2.45) is 5.92 Å². The molecule has 5 heteroatoms. The molecule has 0 radical (unpaired) electrons. The number of aromatic nitrogens is 3. The zero-order valence-electron chi connectivity index (χ0n) is 10.2. The van der Waals surface area contributed by atoms with Gasteiger partial charge in [0.1, 0.15) is 12.2 Å². The Labute approximate surface area is 102 Å². The molecule has 0 spiro atoms. The van der Waals surface area contributed by atoms with Gasteiger partial charge in [0.2, 0.25) is 0 Å². The fourth-order valence-electron chi connectivity index (χ4n) is 1.53. The summed E-state index contributed by atoms with van der Waals surface area (Å²) < 4.78 is 6.95. The van der Waals surface area contributed by atoms with Gasteiger partial charge in [0, 0.05) is 20.1 Å². The first kappa shape index (κ1) is 13.5. The number of methoxy groups -OCH3 is 1. The number of hydrogen-bond acceptors (Lipinski definition) is 3. The molecule has 0 aliphatic rings. The van der Waals surface area contributed by atoms with Gasteiger partial charge in [0.25, 0.3) is 0 Å². The third-order valence-electron chi connectivity index (χ3n) is 2.26. The summed E-state index contributed by atoms with van der Waals surface area (Å²) in [5, 5.41) is 4.26. The number of rotatable bonds is 7. The van der Waals surface area contributed by atoms with Crippen LogP contribution in [-0.2, 0) is 17.7 Å². The van der Waals surface area contributed by atoms with Crippen molar-refractivity contribution in [1.29, 1.82) is 0 Å². The van der Waals surface area contributed by atoms with Crippen LogP contribution in [0.3, 0.4) is 0 Å². The van der Waals surface area contributed by atoms with Gasteiger partial charge in [-0.3, -0.25) is 0 Å². The van der Waals surface area contributed by atoms with Crippen LogP contribution in [0.2, 0.25) is 0 Å². The average molecular weight is 246 g/mol. The van der Waals surface area contributed by atoms with Crippen molar-refractivity contribution in [2.45, 2.75) is 38.6 Å². The van der Waals surface area contributed by atoms with Crippen molar-refractivity contribution in [3.05, 3.63) is 12.2 Å². The van der Waals surface area contributed by atoms with Crippen LogP contribution in [-0.4, -0.2) is 33.9 Å². The molecule has 0 aromatic carbocycles. The molecule has 4 nitrogen and oxygen atoms in total. The maximum absolute atomic E-state index is 6.07. The number of aryl methyl sites for hydroxylation is 1. The first-order valence-electron chi connectivity index (χ1n) is 5.63. The van der Waals surface area contributed by atoms with Gasteiger partial charge in [-0.15, -0.1) is 11.6 Å². The molecule has 0 saturated carbocycles. The van der Waals surface area contributed by atoms with E-state index in [2.05, 4.69) is 23.9 Å². The van der Waals surface area contributed by atoms with Crippen LogP contribution in [0.15, 0.2) is 6.33 Å². The van der Waals surface area contributed by atoms with Crippen molar-refractivity contribution >= 4 is 11.6 Å². The summed E-state index contributed by atoms with van der Waals surface area (Å²) in [5.41, 5.74) is 0. The SMILES string of the molecule is COCC(Cl)CCc1ncnn1CC(C)C. The molecular weight excluding hydrogens is 226 g/mol. The van der Waals surface area contributed by atoms with E-state index < -0.39 is 0 Å². The largest absolute Gasteiger partial charge is 0.383 e. The van der Waals surface area contributed by atoms with Crippen LogP contribution < -0.4 is 0 Å². The fourth-order valence-corrected chi connectivity index (χ4v) is 1.77. The Morgan fingerprint density at radius 1 is 1.50 bits per heavy atom. The fraction of sp³-hybridized carbons (Fsp3) is 0.818. The molecule has 0 N–H and O–H groups in total. The highest BCUT2D eigenvalue weighted by Crippen LogP contribution is 2.09. The molecule has 1 heterocycles. The quantitative estimate of drug-likeness (QED) is 0.691. The molecule has 92 valence electrons. The van der Waals surface area contributed by atoms with Gasteiger partial charge < -0.3 is 4.74 Å². The highest BCUT2D eigenvalue weighted by molar-refractivity contribution is 6.20. The zero-order valence-corrected chi connectivity index (χ0v) is 10.9. The number of halogens is 1. The van der Waals surface area contributed by atoms with Crippen LogP contribution in [0.1, 0.15) is 26.1 Å². The average Bonchev–Trinajstić information content (AvgIpc) is 2.62. The summed E-state index contributed by atoms with van der Waals surface area (Å²) in [6.45, 7) is 5.83. The second kappa shape index (κ2) is 6.86. The monoisotopic (exact) mass is 245 g/mol. The van der Waals surface area contributed by atoms with Gasteiger partial charge in [0.05, 0.1) is 12.0 Å². The third kappa shape index (κ3) is 4.49. The topological polar surface area (TPSA) is 39.9 Å². The highest BCUT2D eigenvalue weighted by atomic mass is 35.5. The second-order valence-electron chi connectivity index (χ2n) is 4.34. The van der Waals surface area contributed by atoms with Gasteiger partial charge in [0.15, 0.2) is 0 Å². The standard InChI is InChI=1S/C11H20ClN3O/c1-9(2)6-15-11(13-8-14-15)5-4-10(12)7-16-3/h8-10H,4-7H2,1-3H3. The van der Waals surface area contributed by atoms with Crippen LogP contribution in [0, 0.1) is 5.92 Å². The minimum Gasteiger partial charge on any atom is -0.383 e. The molecular formula is C11H20ClN3O. The summed E-state index contributed by atoms with van der Waals surface area (Å²) in [4.78, 5) is 4.25. The number of hydrogen-bond donors (Lipinski definition) is 0. The maximum Gasteiger partial charge on any atom is 0.138 e. The van der Waals surface area contributed by atoms with E-state index in [-0.39, 0.29) is 5.38 Å². The molecule has 16 heavy (non-hydrogen) atoms. The molecule has 1 atom stereocenters. The minimum absolute atomic E-state index is 0.0502. The van der Waals surface area contributed by atoms with E-state index in [9.17, 15) is 0 Å². The second-order valence-corrected chi connectivity index (χ2v) is 4.96.